The van der Waals surface area contributed by atoms with Gasteiger partial charge in [0.05, 0.1) is 0 Å². The van der Waals surface area contributed by atoms with Crippen molar-refractivity contribution >= 4 is 10.8 Å². The topological polar surface area (TPSA) is 12.0 Å². The van der Waals surface area contributed by atoms with Gasteiger partial charge in [-0.25, -0.2) is 0 Å². The van der Waals surface area contributed by atoms with Crippen molar-refractivity contribution in [1.29, 1.82) is 0 Å². The molecule has 0 heterocycles. The van der Waals surface area contributed by atoms with Crippen LogP contribution >= 0.6 is 0 Å². The lowest BCUT2D eigenvalue weighted by atomic mass is 9.97. The minimum atomic E-state index is 0.759. The predicted octanol–water partition coefficient (Wildman–Crippen LogP) is 4.55. The number of rotatable bonds is 7. The fraction of sp³-hybridized carbons (Fsp3) is 0.474. The molecular weight excluding hydrogens is 242 g/mol. The zero-order valence-electron chi connectivity index (χ0n) is 12.4. The molecule has 3 rings (SSSR count). The van der Waals surface area contributed by atoms with E-state index in [-0.39, 0.29) is 0 Å². The molecule has 0 bridgehead atoms. The van der Waals surface area contributed by atoms with Crippen LogP contribution in [0.3, 0.4) is 0 Å². The number of hydrogen-bond acceptors (Lipinski definition) is 1. The number of benzene rings is 2. The van der Waals surface area contributed by atoms with Crippen LogP contribution in [0.1, 0.15) is 38.2 Å². The Kier molecular flexibility index (Phi) is 4.37. The van der Waals surface area contributed by atoms with E-state index in [2.05, 4.69) is 54.7 Å². The van der Waals surface area contributed by atoms with Gasteiger partial charge in [-0.2, -0.15) is 0 Å². The highest BCUT2D eigenvalue weighted by Crippen LogP contribution is 2.34. The van der Waals surface area contributed by atoms with Crippen LogP contribution in [0, 0.1) is 5.92 Å². The van der Waals surface area contributed by atoms with Crippen LogP contribution < -0.4 is 5.32 Å². The summed E-state index contributed by atoms with van der Waals surface area (Å²) in [6.45, 7) is 3.33. The molecule has 2 aromatic carbocycles. The van der Waals surface area contributed by atoms with Crippen LogP contribution in [0.2, 0.25) is 0 Å². The van der Waals surface area contributed by atoms with Crippen molar-refractivity contribution in [1.82, 2.24) is 5.32 Å². The minimum absolute atomic E-state index is 0.759. The summed E-state index contributed by atoms with van der Waals surface area (Å²) in [5.41, 5.74) is 1.51. The molecular formula is C19H25N. The van der Waals surface area contributed by atoms with Gasteiger partial charge in [-0.3, -0.25) is 0 Å². The molecule has 1 nitrogen and oxygen atoms in total. The second-order valence-corrected chi connectivity index (χ2v) is 6.03. The maximum absolute atomic E-state index is 3.67. The van der Waals surface area contributed by atoms with Crippen LogP contribution in [0.5, 0.6) is 0 Å². The summed E-state index contributed by atoms with van der Waals surface area (Å²) in [5.74, 6) is 0.961. The highest BCUT2D eigenvalue weighted by Gasteiger charge is 2.29. The lowest BCUT2D eigenvalue weighted by Crippen LogP contribution is -2.30. The fourth-order valence-electron chi connectivity index (χ4n) is 3.29. The molecule has 0 spiro atoms. The summed E-state index contributed by atoms with van der Waals surface area (Å²) in [7, 11) is 0. The van der Waals surface area contributed by atoms with Crippen LogP contribution in [-0.2, 0) is 6.42 Å². The Labute approximate surface area is 122 Å². The molecule has 1 atom stereocenters. The Bertz CT molecular complexity index is 551. The van der Waals surface area contributed by atoms with Gasteiger partial charge in [-0.15, -0.1) is 0 Å². The molecule has 1 saturated carbocycles. The molecule has 0 aliphatic heterocycles. The van der Waals surface area contributed by atoms with E-state index in [1.165, 1.54) is 48.4 Å². The van der Waals surface area contributed by atoms with Crippen LogP contribution in [-0.4, -0.2) is 12.6 Å². The van der Waals surface area contributed by atoms with E-state index in [0.29, 0.717) is 0 Å². The van der Waals surface area contributed by atoms with Gasteiger partial charge in [0.25, 0.3) is 0 Å². The Morgan fingerprint density at radius 2 is 1.90 bits per heavy atom. The van der Waals surface area contributed by atoms with Crippen LogP contribution in [0.4, 0.5) is 0 Å². The maximum Gasteiger partial charge on any atom is 0.00953 e. The number of hydrogen-bond donors (Lipinski definition) is 1. The lowest BCUT2D eigenvalue weighted by molar-refractivity contribution is 0.434. The first-order valence-corrected chi connectivity index (χ1v) is 8.08. The SMILES string of the molecule is CCNC(CCCc1cccc2ccccc12)C1CC1. The summed E-state index contributed by atoms with van der Waals surface area (Å²) in [6.07, 6.45) is 6.69. The van der Waals surface area contributed by atoms with Crippen molar-refractivity contribution in [2.75, 3.05) is 6.54 Å². The van der Waals surface area contributed by atoms with E-state index in [1.807, 2.05) is 0 Å². The third-order valence-electron chi connectivity index (χ3n) is 4.50. The van der Waals surface area contributed by atoms with Crippen molar-refractivity contribution < 1.29 is 0 Å². The lowest BCUT2D eigenvalue weighted by Gasteiger charge is -2.17. The van der Waals surface area contributed by atoms with Gasteiger partial charge >= 0.3 is 0 Å². The zero-order chi connectivity index (χ0) is 13.8. The normalized spacial score (nSPS) is 16.4. The quantitative estimate of drug-likeness (QED) is 0.776. The summed E-state index contributed by atoms with van der Waals surface area (Å²) >= 11 is 0. The molecule has 1 heteroatoms. The van der Waals surface area contributed by atoms with Crippen LogP contribution in [0.15, 0.2) is 42.5 Å². The Hall–Kier alpha value is -1.34. The van der Waals surface area contributed by atoms with Gasteiger partial charge in [-0.1, -0.05) is 49.4 Å². The van der Waals surface area contributed by atoms with Crippen LogP contribution in [0.25, 0.3) is 10.8 Å². The summed E-state index contributed by atoms with van der Waals surface area (Å²) in [5, 5.41) is 6.47. The third-order valence-corrected chi connectivity index (χ3v) is 4.50. The largest absolute Gasteiger partial charge is 0.314 e. The van der Waals surface area contributed by atoms with E-state index < -0.39 is 0 Å². The molecule has 1 fully saturated rings. The predicted molar refractivity (Wildman–Crippen MR) is 87.1 cm³/mol. The molecule has 1 aliphatic carbocycles. The summed E-state index contributed by atoms with van der Waals surface area (Å²) < 4.78 is 0. The second kappa shape index (κ2) is 6.41. The Balaban J connectivity index is 1.62. The second-order valence-electron chi connectivity index (χ2n) is 6.03. The average molecular weight is 267 g/mol. The maximum atomic E-state index is 3.67. The molecule has 1 N–H and O–H groups in total. The van der Waals surface area contributed by atoms with Crippen molar-refractivity contribution in [3.05, 3.63) is 48.0 Å². The van der Waals surface area contributed by atoms with Gasteiger partial charge in [0.2, 0.25) is 0 Å². The van der Waals surface area contributed by atoms with Gasteiger partial charge in [0.1, 0.15) is 0 Å². The molecule has 2 aromatic rings. The van der Waals surface area contributed by atoms with E-state index in [9.17, 15) is 0 Å². The van der Waals surface area contributed by atoms with E-state index in [0.717, 1.165) is 18.5 Å². The zero-order valence-corrected chi connectivity index (χ0v) is 12.4. The molecule has 20 heavy (non-hydrogen) atoms. The highest BCUT2D eigenvalue weighted by molar-refractivity contribution is 5.85. The van der Waals surface area contributed by atoms with E-state index in [4.69, 9.17) is 0 Å². The molecule has 0 aromatic heterocycles. The van der Waals surface area contributed by atoms with Gasteiger partial charge in [0, 0.05) is 6.04 Å². The third kappa shape index (κ3) is 3.21. The molecule has 0 amide bonds. The summed E-state index contributed by atoms with van der Waals surface area (Å²) in [6, 6.07) is 16.2. The van der Waals surface area contributed by atoms with E-state index >= 15 is 0 Å². The highest BCUT2D eigenvalue weighted by atomic mass is 14.9. The van der Waals surface area contributed by atoms with Crippen molar-refractivity contribution in [2.45, 2.75) is 45.1 Å². The smallest absolute Gasteiger partial charge is 0.00953 e. The molecule has 1 aliphatic rings. The molecule has 0 radical (unpaired) electrons. The summed E-state index contributed by atoms with van der Waals surface area (Å²) in [4.78, 5) is 0. The molecule has 1 unspecified atom stereocenters. The Morgan fingerprint density at radius 1 is 1.10 bits per heavy atom. The molecule has 106 valence electrons. The molecule has 0 saturated heterocycles. The van der Waals surface area contributed by atoms with E-state index in [1.54, 1.807) is 0 Å². The number of nitrogens with one attached hydrogen (secondary N) is 1. The number of aryl methyl sites for hydroxylation is 1. The van der Waals surface area contributed by atoms with Gasteiger partial charge in [-0.05, 0) is 60.9 Å². The fourth-order valence-corrected chi connectivity index (χ4v) is 3.29. The van der Waals surface area contributed by atoms with Crippen molar-refractivity contribution in [2.24, 2.45) is 5.92 Å². The van der Waals surface area contributed by atoms with Crippen molar-refractivity contribution in [3.8, 4) is 0 Å². The first-order chi connectivity index (χ1) is 9.88. The monoisotopic (exact) mass is 267 g/mol. The average Bonchev–Trinajstić information content (AvgIpc) is 3.31. The van der Waals surface area contributed by atoms with Crippen molar-refractivity contribution in [3.63, 3.8) is 0 Å². The Morgan fingerprint density at radius 3 is 2.70 bits per heavy atom. The van der Waals surface area contributed by atoms with Gasteiger partial charge < -0.3 is 5.32 Å². The number of fused-ring (bicyclic) bond motifs is 1. The minimum Gasteiger partial charge on any atom is -0.314 e. The first-order valence-electron chi connectivity index (χ1n) is 8.08. The first kappa shape index (κ1) is 13.6. The standard InChI is InChI=1S/C19H25N/c1-2-20-19(17-13-14-17)12-6-10-16-9-5-8-15-7-3-4-11-18(15)16/h3-5,7-9,11,17,19-20H,2,6,10,12-14H2,1H3. The van der Waals surface area contributed by atoms with Gasteiger partial charge in [0.15, 0.2) is 0 Å².